The zero-order chi connectivity index (χ0) is 41.6. The van der Waals surface area contributed by atoms with Crippen molar-refractivity contribution in [1.29, 1.82) is 0 Å². The molecular weight excluding hydrogens is 765 g/mol. The highest BCUT2D eigenvalue weighted by Gasteiger charge is 2.35. The molecule has 0 atom stereocenters. The quantitative estimate of drug-likeness (QED) is 0.166. The number of rotatable bonds is 3. The summed E-state index contributed by atoms with van der Waals surface area (Å²) in [5.41, 5.74) is 16.0. The van der Waals surface area contributed by atoms with E-state index in [9.17, 15) is 0 Å². The second kappa shape index (κ2) is 12.6. The summed E-state index contributed by atoms with van der Waals surface area (Å²) < 4.78 is 13.4. The van der Waals surface area contributed by atoms with Crippen molar-refractivity contribution in [2.24, 2.45) is 0 Å². The van der Waals surface area contributed by atoms with Crippen LogP contribution in [0.25, 0.3) is 131 Å². The molecule has 14 rings (SSSR count). The van der Waals surface area contributed by atoms with Crippen LogP contribution in [0.4, 0.5) is 0 Å². The summed E-state index contributed by atoms with van der Waals surface area (Å²) >= 11 is 0. The van der Waals surface area contributed by atoms with Gasteiger partial charge in [0.25, 0.3) is 0 Å². The molecule has 0 amide bonds. The first-order chi connectivity index (χ1) is 31.0. The van der Waals surface area contributed by atoms with Gasteiger partial charge in [0.2, 0.25) is 0 Å². The fourth-order valence-electron chi connectivity index (χ4n) is 11.3. The van der Waals surface area contributed by atoms with Crippen LogP contribution < -0.4 is 0 Å². The Hall–Kier alpha value is -7.94. The van der Waals surface area contributed by atoms with Crippen molar-refractivity contribution in [3.63, 3.8) is 0 Å². The molecule has 0 spiro atoms. The third kappa shape index (κ3) is 4.84. The molecule has 2 aromatic heterocycles. The minimum absolute atomic E-state index is 0.0950. The molecular formula is C61H38O2. The van der Waals surface area contributed by atoms with Crippen molar-refractivity contribution < 1.29 is 8.83 Å². The summed E-state index contributed by atoms with van der Waals surface area (Å²) in [4.78, 5) is 0. The minimum atomic E-state index is -0.0950. The predicted octanol–water partition coefficient (Wildman–Crippen LogP) is 17.4. The molecule has 0 fully saturated rings. The van der Waals surface area contributed by atoms with Crippen LogP contribution in [-0.4, -0.2) is 0 Å². The fraction of sp³-hybridized carbons (Fsp3) is 0.0492. The van der Waals surface area contributed by atoms with Gasteiger partial charge in [-0.3, -0.25) is 0 Å². The van der Waals surface area contributed by atoms with E-state index in [-0.39, 0.29) is 5.41 Å². The molecule has 11 aromatic carbocycles. The third-order valence-corrected chi connectivity index (χ3v) is 14.2. The molecule has 63 heavy (non-hydrogen) atoms. The summed E-state index contributed by atoms with van der Waals surface area (Å²) in [7, 11) is 0. The minimum Gasteiger partial charge on any atom is -0.456 e. The van der Waals surface area contributed by atoms with Gasteiger partial charge in [0.15, 0.2) is 0 Å². The van der Waals surface area contributed by atoms with Crippen molar-refractivity contribution in [3.05, 3.63) is 205 Å². The molecule has 0 unspecified atom stereocenters. The van der Waals surface area contributed by atoms with Gasteiger partial charge in [0.05, 0.1) is 0 Å². The first-order valence-electron chi connectivity index (χ1n) is 21.9. The molecule has 0 saturated carbocycles. The highest BCUT2D eigenvalue weighted by Crippen LogP contribution is 2.51. The van der Waals surface area contributed by atoms with Gasteiger partial charge in [0, 0.05) is 27.0 Å². The van der Waals surface area contributed by atoms with Gasteiger partial charge in [-0.2, -0.15) is 0 Å². The number of benzene rings is 11. The van der Waals surface area contributed by atoms with E-state index in [0.717, 1.165) is 49.6 Å². The van der Waals surface area contributed by atoms with E-state index >= 15 is 0 Å². The molecule has 0 saturated heterocycles. The molecule has 2 nitrogen and oxygen atoms in total. The van der Waals surface area contributed by atoms with Gasteiger partial charge in [-0.05, 0) is 147 Å². The predicted molar refractivity (Wildman–Crippen MR) is 265 cm³/mol. The van der Waals surface area contributed by atoms with Crippen molar-refractivity contribution in [3.8, 4) is 44.5 Å². The Morgan fingerprint density at radius 3 is 1.40 bits per heavy atom. The van der Waals surface area contributed by atoms with Crippen LogP contribution in [-0.2, 0) is 5.41 Å². The Bertz CT molecular complexity index is 4120. The zero-order valence-electron chi connectivity index (χ0n) is 34.8. The van der Waals surface area contributed by atoms with E-state index in [2.05, 4.69) is 208 Å². The number of furan rings is 2. The lowest BCUT2D eigenvalue weighted by Gasteiger charge is -2.22. The van der Waals surface area contributed by atoms with Crippen molar-refractivity contribution in [2.75, 3.05) is 0 Å². The largest absolute Gasteiger partial charge is 0.456 e. The lowest BCUT2D eigenvalue weighted by atomic mass is 9.81. The van der Waals surface area contributed by atoms with Crippen molar-refractivity contribution in [1.82, 2.24) is 0 Å². The van der Waals surface area contributed by atoms with Crippen LogP contribution >= 0.6 is 0 Å². The Morgan fingerprint density at radius 1 is 0.302 bits per heavy atom. The van der Waals surface area contributed by atoms with Crippen LogP contribution in [0.5, 0.6) is 0 Å². The number of hydrogen-bond acceptors (Lipinski definition) is 2. The summed E-state index contributed by atoms with van der Waals surface area (Å²) in [5, 5.41) is 14.2. The normalized spacial score (nSPS) is 13.4. The molecule has 0 bridgehead atoms. The standard InChI is InChI=1S/C61H38O2/c1-61(2)51-18-10-9-15-43(51)44-25-19-38(32-52(44)61)37-20-26-47-50(31-37)58(40-22-28-49-56(34-40)63-54-30-24-36-12-4-6-14-42(36)60(49)54)46-17-8-7-16-45(46)57(47)39-21-27-48-55(33-39)62-53-29-23-35-11-3-5-13-41(35)59(48)53/h3-34H,1-2H3. The second-order valence-electron chi connectivity index (χ2n) is 17.9. The van der Waals surface area contributed by atoms with E-state index in [1.165, 1.54) is 93.0 Å². The molecule has 1 aliphatic carbocycles. The SMILES string of the molecule is CC1(C)c2ccccc2-c2ccc(-c3ccc4c(-c5ccc6c(c5)oc5ccc7ccccc7c56)c5ccccc5c(-c5ccc6c(c5)oc5ccc7ccccc7c56)c4c3)cc21. The highest BCUT2D eigenvalue weighted by atomic mass is 16.3. The van der Waals surface area contributed by atoms with E-state index < -0.39 is 0 Å². The lowest BCUT2D eigenvalue weighted by molar-refractivity contribution is 0.660. The summed E-state index contributed by atoms with van der Waals surface area (Å²) in [6, 6.07) is 71.3. The first-order valence-corrected chi connectivity index (χ1v) is 21.9. The number of hydrogen-bond donors (Lipinski definition) is 0. The van der Waals surface area contributed by atoms with E-state index in [1.54, 1.807) is 0 Å². The topological polar surface area (TPSA) is 26.3 Å². The Kier molecular flexibility index (Phi) is 6.93. The van der Waals surface area contributed by atoms with Gasteiger partial charge in [0.1, 0.15) is 22.3 Å². The summed E-state index contributed by atoms with van der Waals surface area (Å²) in [6.45, 7) is 4.72. The summed E-state index contributed by atoms with van der Waals surface area (Å²) in [5.74, 6) is 0. The second-order valence-corrected chi connectivity index (χ2v) is 17.9. The molecule has 0 radical (unpaired) electrons. The lowest BCUT2D eigenvalue weighted by Crippen LogP contribution is -2.14. The molecule has 0 aliphatic heterocycles. The van der Waals surface area contributed by atoms with E-state index in [0.29, 0.717) is 0 Å². The van der Waals surface area contributed by atoms with Gasteiger partial charge < -0.3 is 8.83 Å². The monoisotopic (exact) mass is 802 g/mol. The average Bonchev–Trinajstić information content (AvgIpc) is 3.97. The number of fused-ring (bicyclic) bond motifs is 15. The first kappa shape index (κ1) is 34.7. The van der Waals surface area contributed by atoms with Crippen LogP contribution in [0.1, 0.15) is 25.0 Å². The smallest absolute Gasteiger partial charge is 0.136 e. The molecule has 1 aliphatic rings. The van der Waals surface area contributed by atoms with Crippen molar-refractivity contribution in [2.45, 2.75) is 19.3 Å². The summed E-state index contributed by atoms with van der Waals surface area (Å²) in [6.07, 6.45) is 0. The van der Waals surface area contributed by atoms with E-state index in [4.69, 9.17) is 8.83 Å². The van der Waals surface area contributed by atoms with Crippen molar-refractivity contribution >= 4 is 87.0 Å². The van der Waals surface area contributed by atoms with Gasteiger partial charge >= 0.3 is 0 Å². The van der Waals surface area contributed by atoms with Gasteiger partial charge in [-0.25, -0.2) is 0 Å². The van der Waals surface area contributed by atoms with Crippen LogP contribution in [0.15, 0.2) is 203 Å². The Balaban J connectivity index is 1.04. The molecule has 13 aromatic rings. The molecule has 2 heterocycles. The zero-order valence-corrected chi connectivity index (χ0v) is 34.8. The molecule has 294 valence electrons. The maximum Gasteiger partial charge on any atom is 0.136 e. The van der Waals surface area contributed by atoms with Gasteiger partial charge in [-0.15, -0.1) is 0 Å². The van der Waals surface area contributed by atoms with Crippen LogP contribution in [0, 0.1) is 0 Å². The maximum absolute atomic E-state index is 6.70. The third-order valence-electron chi connectivity index (χ3n) is 14.2. The van der Waals surface area contributed by atoms with Crippen LogP contribution in [0.3, 0.4) is 0 Å². The molecule has 0 N–H and O–H groups in total. The Morgan fingerprint density at radius 2 is 0.762 bits per heavy atom. The van der Waals surface area contributed by atoms with E-state index in [1.807, 2.05) is 0 Å². The Labute approximate surface area is 363 Å². The van der Waals surface area contributed by atoms with Crippen LogP contribution in [0.2, 0.25) is 0 Å². The highest BCUT2D eigenvalue weighted by molar-refractivity contribution is 6.25. The maximum atomic E-state index is 6.70. The molecule has 2 heteroatoms. The average molecular weight is 803 g/mol. The fourth-order valence-corrected chi connectivity index (χ4v) is 11.3. The van der Waals surface area contributed by atoms with Gasteiger partial charge in [-0.1, -0.05) is 159 Å².